The van der Waals surface area contributed by atoms with Gasteiger partial charge >= 0.3 is 6.09 Å². The lowest BCUT2D eigenvalue weighted by molar-refractivity contribution is 0.0382. The highest BCUT2D eigenvalue weighted by molar-refractivity contribution is 5.68. The number of hydrogen-bond donors (Lipinski definition) is 3. The molecule has 0 heterocycles. The second kappa shape index (κ2) is 5.72. The largest absolute Gasteiger partial charge is 0.444 e. The number of aliphatic hydroxyl groups excluding tert-OH is 2. The van der Waals surface area contributed by atoms with Gasteiger partial charge in [-0.2, -0.15) is 0 Å². The van der Waals surface area contributed by atoms with Crippen LogP contribution in [-0.2, 0) is 4.74 Å². The summed E-state index contributed by atoms with van der Waals surface area (Å²) < 4.78 is 4.97. The number of amides is 1. The Kier molecular flexibility index (Phi) is 5.32. The Balaban J connectivity index is 4.19. The van der Waals surface area contributed by atoms with Gasteiger partial charge in [0.05, 0.1) is 12.6 Å². The van der Waals surface area contributed by atoms with E-state index in [0.29, 0.717) is 0 Å². The summed E-state index contributed by atoms with van der Waals surface area (Å²) >= 11 is 0. The van der Waals surface area contributed by atoms with Crippen LogP contribution in [0, 0.1) is 0 Å². The lowest BCUT2D eigenvalue weighted by atomic mass is 10.1. The Hall–Kier alpha value is -1.07. The highest BCUT2D eigenvalue weighted by Gasteiger charge is 2.21. The molecule has 0 saturated heterocycles. The number of hydrogen-bond acceptors (Lipinski definition) is 4. The van der Waals surface area contributed by atoms with Crippen LogP contribution in [0.4, 0.5) is 4.79 Å². The van der Waals surface area contributed by atoms with Crippen LogP contribution in [0.25, 0.3) is 0 Å². The van der Waals surface area contributed by atoms with Crippen molar-refractivity contribution in [2.45, 2.75) is 38.5 Å². The number of carbonyl (C=O) groups is 1. The second-order valence-electron chi connectivity index (χ2n) is 4.16. The first kappa shape index (κ1) is 13.9. The van der Waals surface area contributed by atoms with Gasteiger partial charge in [0.25, 0.3) is 0 Å². The number of aliphatic hydroxyl groups is 2. The molecule has 5 nitrogen and oxygen atoms in total. The summed E-state index contributed by atoms with van der Waals surface area (Å²) in [6.07, 6.45) is -0.389. The first-order valence-electron chi connectivity index (χ1n) is 4.71. The van der Waals surface area contributed by atoms with E-state index < -0.39 is 30.4 Å². The summed E-state index contributed by atoms with van der Waals surface area (Å²) in [6.45, 7) is 8.19. The normalized spacial score (nSPS) is 15.3. The van der Waals surface area contributed by atoms with Gasteiger partial charge in [-0.15, -0.1) is 6.58 Å². The van der Waals surface area contributed by atoms with E-state index in [9.17, 15) is 9.90 Å². The lowest BCUT2D eigenvalue weighted by Gasteiger charge is -2.23. The molecule has 2 atom stereocenters. The maximum Gasteiger partial charge on any atom is 0.408 e. The van der Waals surface area contributed by atoms with Gasteiger partial charge in [-0.25, -0.2) is 4.79 Å². The van der Waals surface area contributed by atoms with Gasteiger partial charge in [0.15, 0.2) is 0 Å². The predicted octanol–water partition coefficient (Wildman–Crippen LogP) is 0.419. The molecule has 15 heavy (non-hydrogen) atoms. The summed E-state index contributed by atoms with van der Waals surface area (Å²) in [5.74, 6) is 0. The zero-order valence-electron chi connectivity index (χ0n) is 9.36. The topological polar surface area (TPSA) is 78.8 Å². The number of rotatable bonds is 4. The molecule has 5 heteroatoms. The number of nitrogens with one attached hydrogen (secondary N) is 1. The molecule has 0 aromatic carbocycles. The molecule has 0 fully saturated rings. The molecule has 0 aliphatic heterocycles. The number of carbonyl (C=O) groups excluding carboxylic acids is 1. The number of alkyl carbamates (subject to hydrolysis) is 1. The number of ether oxygens (including phenoxy) is 1. The molecular weight excluding hydrogens is 198 g/mol. The minimum Gasteiger partial charge on any atom is -0.444 e. The molecule has 0 spiro atoms. The van der Waals surface area contributed by atoms with E-state index in [4.69, 9.17) is 9.84 Å². The first-order valence-corrected chi connectivity index (χ1v) is 4.71. The zero-order chi connectivity index (χ0) is 12.1. The maximum absolute atomic E-state index is 11.3. The van der Waals surface area contributed by atoms with Crippen LogP contribution < -0.4 is 5.32 Å². The van der Waals surface area contributed by atoms with Crippen molar-refractivity contribution in [1.82, 2.24) is 5.32 Å². The Morgan fingerprint density at radius 1 is 1.60 bits per heavy atom. The molecule has 1 amide bonds. The summed E-state index contributed by atoms with van der Waals surface area (Å²) in [7, 11) is 0. The van der Waals surface area contributed by atoms with Crippen molar-refractivity contribution in [3.8, 4) is 0 Å². The van der Waals surface area contributed by atoms with Crippen LogP contribution in [0.15, 0.2) is 12.7 Å². The van der Waals surface area contributed by atoms with Crippen molar-refractivity contribution in [2.75, 3.05) is 6.61 Å². The standard InChI is InChI=1S/C10H19NO4/c1-5-7(8(13)6-12)11-9(14)15-10(2,3)4/h5,7-8,12-13H,1,6H2,2-4H3,(H,11,14)/t7-,8+/m0/s1. The molecule has 0 unspecified atom stereocenters. The third-order valence-electron chi connectivity index (χ3n) is 1.54. The van der Waals surface area contributed by atoms with Gasteiger partial charge in [0.2, 0.25) is 0 Å². The monoisotopic (exact) mass is 217 g/mol. The third kappa shape index (κ3) is 6.09. The van der Waals surface area contributed by atoms with Crippen molar-refractivity contribution in [1.29, 1.82) is 0 Å². The van der Waals surface area contributed by atoms with E-state index >= 15 is 0 Å². The predicted molar refractivity (Wildman–Crippen MR) is 56.4 cm³/mol. The fourth-order valence-corrected chi connectivity index (χ4v) is 0.869. The molecule has 0 bridgehead atoms. The molecule has 88 valence electrons. The van der Waals surface area contributed by atoms with Crippen LogP contribution >= 0.6 is 0 Å². The van der Waals surface area contributed by atoms with Crippen molar-refractivity contribution in [3.05, 3.63) is 12.7 Å². The van der Waals surface area contributed by atoms with Crippen molar-refractivity contribution >= 4 is 6.09 Å². The molecule has 0 aromatic rings. The molecule has 0 rings (SSSR count). The Morgan fingerprint density at radius 3 is 2.47 bits per heavy atom. The first-order chi connectivity index (χ1) is 6.80. The van der Waals surface area contributed by atoms with Crippen molar-refractivity contribution < 1.29 is 19.7 Å². The Labute approximate surface area is 89.7 Å². The summed E-state index contributed by atoms with van der Waals surface area (Å²) in [5, 5.41) is 20.3. The fourth-order valence-electron chi connectivity index (χ4n) is 0.869. The third-order valence-corrected chi connectivity index (χ3v) is 1.54. The maximum atomic E-state index is 11.3. The molecule has 3 N–H and O–H groups in total. The molecule has 0 aliphatic rings. The minimum absolute atomic E-state index is 0.452. The second-order valence-corrected chi connectivity index (χ2v) is 4.16. The van der Waals surface area contributed by atoms with Gasteiger partial charge in [-0.05, 0) is 20.8 Å². The van der Waals surface area contributed by atoms with Crippen LogP contribution in [0.3, 0.4) is 0 Å². The average molecular weight is 217 g/mol. The van der Waals surface area contributed by atoms with E-state index in [1.54, 1.807) is 20.8 Å². The van der Waals surface area contributed by atoms with Crippen molar-refractivity contribution in [2.24, 2.45) is 0 Å². The molecule has 0 saturated carbocycles. The summed E-state index contributed by atoms with van der Waals surface area (Å²) in [5.41, 5.74) is -0.597. The summed E-state index contributed by atoms with van der Waals surface area (Å²) in [6, 6.07) is -0.718. The quantitative estimate of drug-likeness (QED) is 0.596. The lowest BCUT2D eigenvalue weighted by Crippen LogP contribution is -2.45. The highest BCUT2D eigenvalue weighted by atomic mass is 16.6. The zero-order valence-corrected chi connectivity index (χ0v) is 9.36. The van der Waals surface area contributed by atoms with Crippen molar-refractivity contribution in [3.63, 3.8) is 0 Å². The highest BCUT2D eigenvalue weighted by Crippen LogP contribution is 2.07. The van der Waals surface area contributed by atoms with E-state index in [0.717, 1.165) is 0 Å². The van der Waals surface area contributed by atoms with Crippen LogP contribution in [0.5, 0.6) is 0 Å². The van der Waals surface area contributed by atoms with Gasteiger partial charge in [-0.1, -0.05) is 6.08 Å². The van der Waals surface area contributed by atoms with Gasteiger partial charge in [0, 0.05) is 0 Å². The fraction of sp³-hybridized carbons (Fsp3) is 0.700. The molecule has 0 aromatic heterocycles. The molecular formula is C10H19NO4. The van der Waals surface area contributed by atoms with E-state index in [-0.39, 0.29) is 0 Å². The summed E-state index contributed by atoms with van der Waals surface area (Å²) in [4.78, 5) is 11.3. The Morgan fingerprint density at radius 2 is 2.13 bits per heavy atom. The molecule has 0 aliphatic carbocycles. The van der Waals surface area contributed by atoms with Crippen LogP contribution in [0.1, 0.15) is 20.8 Å². The van der Waals surface area contributed by atoms with Gasteiger partial charge < -0.3 is 20.3 Å². The average Bonchev–Trinajstić information content (AvgIpc) is 2.10. The van der Waals surface area contributed by atoms with E-state index in [1.807, 2.05) is 0 Å². The smallest absolute Gasteiger partial charge is 0.408 e. The van der Waals surface area contributed by atoms with Gasteiger partial charge in [-0.3, -0.25) is 0 Å². The Bertz CT molecular complexity index is 222. The minimum atomic E-state index is -1.07. The van der Waals surface area contributed by atoms with E-state index in [1.165, 1.54) is 6.08 Å². The van der Waals surface area contributed by atoms with Crippen LogP contribution in [-0.4, -0.2) is 40.7 Å². The SMILES string of the molecule is C=C[C@H](NC(=O)OC(C)(C)C)[C@H](O)CO. The molecule has 0 radical (unpaired) electrons. The van der Waals surface area contributed by atoms with Crippen LogP contribution in [0.2, 0.25) is 0 Å². The van der Waals surface area contributed by atoms with Gasteiger partial charge in [0.1, 0.15) is 11.7 Å². The van der Waals surface area contributed by atoms with E-state index in [2.05, 4.69) is 11.9 Å².